The number of benzene rings is 3. The summed E-state index contributed by atoms with van der Waals surface area (Å²) in [5.41, 5.74) is 2.68. The quantitative estimate of drug-likeness (QED) is 0.326. The van der Waals surface area contributed by atoms with E-state index < -0.39 is 0 Å². The van der Waals surface area contributed by atoms with Gasteiger partial charge in [0.15, 0.2) is 0 Å². The minimum Gasteiger partial charge on any atom is -0.192 e. The molecular formula is C19H12IN. The summed E-state index contributed by atoms with van der Waals surface area (Å²) in [5, 5.41) is 11.8. The molecule has 0 aliphatic carbocycles. The van der Waals surface area contributed by atoms with E-state index in [9.17, 15) is 5.26 Å². The van der Waals surface area contributed by atoms with Crippen LogP contribution in [-0.4, -0.2) is 0 Å². The number of nitrogens with zero attached hydrogens (tertiary/aromatic N) is 1. The minimum absolute atomic E-state index is 0.682. The highest BCUT2D eigenvalue weighted by Crippen LogP contribution is 2.23. The Morgan fingerprint density at radius 1 is 0.905 bits per heavy atom. The fraction of sp³-hybridized carbons (Fsp3) is 0. The number of fused-ring (bicyclic) bond motifs is 1. The summed E-state index contributed by atoms with van der Waals surface area (Å²) < 4.78 is 1.19. The van der Waals surface area contributed by atoms with Gasteiger partial charge in [-0.15, -0.1) is 0 Å². The van der Waals surface area contributed by atoms with E-state index in [-0.39, 0.29) is 0 Å². The van der Waals surface area contributed by atoms with E-state index in [4.69, 9.17) is 0 Å². The molecule has 0 saturated heterocycles. The van der Waals surface area contributed by atoms with Crippen LogP contribution < -0.4 is 0 Å². The van der Waals surface area contributed by atoms with Crippen LogP contribution in [0.2, 0.25) is 0 Å². The summed E-state index contributed by atoms with van der Waals surface area (Å²) in [6, 6.07) is 24.8. The van der Waals surface area contributed by atoms with Crippen molar-refractivity contribution < 1.29 is 0 Å². The normalized spacial score (nSPS) is 11.3. The van der Waals surface area contributed by atoms with Crippen molar-refractivity contribution in [1.82, 2.24) is 0 Å². The predicted molar refractivity (Wildman–Crippen MR) is 96.6 cm³/mol. The van der Waals surface area contributed by atoms with Gasteiger partial charge in [-0.2, -0.15) is 5.26 Å². The first-order chi connectivity index (χ1) is 10.3. The third kappa shape index (κ3) is 3.14. The smallest absolute Gasteiger partial charge is 0.0998 e. The lowest BCUT2D eigenvalue weighted by Crippen LogP contribution is -1.83. The maximum Gasteiger partial charge on any atom is 0.0998 e. The zero-order valence-electron chi connectivity index (χ0n) is 11.3. The zero-order valence-corrected chi connectivity index (χ0v) is 13.4. The van der Waals surface area contributed by atoms with Crippen LogP contribution in [0.4, 0.5) is 0 Å². The number of rotatable bonds is 2. The van der Waals surface area contributed by atoms with Gasteiger partial charge in [0.1, 0.15) is 0 Å². The SMILES string of the molecule is N#C/C(=C/c1ccc(I)cc1)c1ccc2ccccc2c1. The van der Waals surface area contributed by atoms with E-state index in [0.29, 0.717) is 5.57 Å². The summed E-state index contributed by atoms with van der Waals surface area (Å²) in [4.78, 5) is 0. The lowest BCUT2D eigenvalue weighted by atomic mass is 10.0. The molecule has 3 rings (SSSR count). The van der Waals surface area contributed by atoms with Gasteiger partial charge in [0.05, 0.1) is 11.6 Å². The molecular weight excluding hydrogens is 369 g/mol. The third-order valence-corrected chi connectivity index (χ3v) is 4.08. The molecule has 0 bridgehead atoms. The van der Waals surface area contributed by atoms with Crippen LogP contribution in [0, 0.1) is 14.9 Å². The predicted octanol–water partition coefficient (Wildman–Crippen LogP) is 5.51. The van der Waals surface area contributed by atoms with E-state index in [2.05, 4.69) is 52.9 Å². The summed E-state index contributed by atoms with van der Waals surface area (Å²) >= 11 is 2.27. The standard InChI is InChI=1S/C19H12IN/c20-19-9-5-14(6-10-19)11-18(13-21)17-8-7-15-3-1-2-4-16(15)12-17/h1-12H/b18-11-. The second kappa shape index (κ2) is 6.11. The van der Waals surface area contributed by atoms with Crippen LogP contribution in [0.1, 0.15) is 11.1 Å². The van der Waals surface area contributed by atoms with Gasteiger partial charge >= 0.3 is 0 Å². The molecule has 100 valence electrons. The van der Waals surface area contributed by atoms with Crippen LogP contribution in [0.3, 0.4) is 0 Å². The number of nitriles is 1. The number of hydrogen-bond donors (Lipinski definition) is 0. The second-order valence-corrected chi connectivity index (χ2v) is 6.03. The average molecular weight is 381 g/mol. The Balaban J connectivity index is 2.05. The first-order valence-corrected chi connectivity index (χ1v) is 7.71. The Labute approximate surface area is 137 Å². The van der Waals surface area contributed by atoms with E-state index in [1.54, 1.807) is 0 Å². The van der Waals surface area contributed by atoms with Crippen molar-refractivity contribution in [2.75, 3.05) is 0 Å². The molecule has 3 aromatic carbocycles. The van der Waals surface area contributed by atoms with Gasteiger partial charge in [-0.05, 0) is 68.8 Å². The lowest BCUT2D eigenvalue weighted by Gasteiger charge is -2.03. The van der Waals surface area contributed by atoms with Crippen LogP contribution in [0.15, 0.2) is 66.7 Å². The van der Waals surface area contributed by atoms with Crippen LogP contribution in [-0.2, 0) is 0 Å². The highest BCUT2D eigenvalue weighted by atomic mass is 127. The van der Waals surface area contributed by atoms with E-state index in [0.717, 1.165) is 16.5 Å². The highest BCUT2D eigenvalue weighted by molar-refractivity contribution is 14.1. The highest BCUT2D eigenvalue weighted by Gasteiger charge is 2.02. The van der Waals surface area contributed by atoms with Gasteiger partial charge in [-0.1, -0.05) is 48.5 Å². The molecule has 21 heavy (non-hydrogen) atoms. The van der Waals surface area contributed by atoms with E-state index in [1.165, 1.54) is 8.96 Å². The zero-order chi connectivity index (χ0) is 14.7. The van der Waals surface area contributed by atoms with Crippen molar-refractivity contribution in [1.29, 1.82) is 5.26 Å². The summed E-state index contributed by atoms with van der Waals surface area (Å²) in [6.07, 6.45) is 1.93. The minimum atomic E-state index is 0.682. The van der Waals surface area contributed by atoms with Gasteiger partial charge in [0.25, 0.3) is 0 Å². The second-order valence-electron chi connectivity index (χ2n) is 4.78. The molecule has 0 saturated carbocycles. The Bertz CT molecular complexity index is 855. The van der Waals surface area contributed by atoms with Crippen LogP contribution in [0.5, 0.6) is 0 Å². The van der Waals surface area contributed by atoms with E-state index >= 15 is 0 Å². The van der Waals surface area contributed by atoms with Crippen molar-refractivity contribution in [3.8, 4) is 6.07 Å². The lowest BCUT2D eigenvalue weighted by molar-refractivity contribution is 1.53. The molecule has 0 aliphatic heterocycles. The molecule has 1 nitrogen and oxygen atoms in total. The largest absolute Gasteiger partial charge is 0.192 e. The van der Waals surface area contributed by atoms with Crippen LogP contribution in [0.25, 0.3) is 22.4 Å². The topological polar surface area (TPSA) is 23.8 Å². The first-order valence-electron chi connectivity index (χ1n) is 6.63. The van der Waals surface area contributed by atoms with Gasteiger partial charge in [0, 0.05) is 3.57 Å². The number of hydrogen-bond acceptors (Lipinski definition) is 1. The average Bonchev–Trinajstić information content (AvgIpc) is 2.54. The maximum absolute atomic E-state index is 9.45. The molecule has 0 spiro atoms. The summed E-state index contributed by atoms with van der Waals surface area (Å²) in [7, 11) is 0. The van der Waals surface area contributed by atoms with Crippen LogP contribution >= 0.6 is 22.6 Å². The molecule has 0 fully saturated rings. The van der Waals surface area contributed by atoms with E-state index in [1.807, 2.05) is 48.5 Å². The molecule has 3 aromatic rings. The molecule has 0 aromatic heterocycles. The Morgan fingerprint density at radius 3 is 2.33 bits per heavy atom. The molecule has 0 heterocycles. The Morgan fingerprint density at radius 2 is 1.62 bits per heavy atom. The molecule has 2 heteroatoms. The van der Waals surface area contributed by atoms with Gasteiger partial charge < -0.3 is 0 Å². The first kappa shape index (κ1) is 13.8. The summed E-state index contributed by atoms with van der Waals surface area (Å²) in [5.74, 6) is 0. The van der Waals surface area contributed by atoms with Crippen molar-refractivity contribution >= 4 is 45.0 Å². The Hall–Kier alpha value is -2.12. The van der Waals surface area contributed by atoms with Gasteiger partial charge in [0.2, 0.25) is 0 Å². The van der Waals surface area contributed by atoms with Gasteiger partial charge in [-0.3, -0.25) is 0 Å². The fourth-order valence-electron chi connectivity index (χ4n) is 2.26. The van der Waals surface area contributed by atoms with Crippen molar-refractivity contribution in [2.24, 2.45) is 0 Å². The Kier molecular flexibility index (Phi) is 4.03. The summed E-state index contributed by atoms with van der Waals surface area (Å²) in [6.45, 7) is 0. The van der Waals surface area contributed by atoms with Crippen molar-refractivity contribution in [3.63, 3.8) is 0 Å². The number of halogens is 1. The molecule has 0 unspecified atom stereocenters. The molecule has 0 radical (unpaired) electrons. The molecule has 0 amide bonds. The monoisotopic (exact) mass is 381 g/mol. The van der Waals surface area contributed by atoms with Crippen molar-refractivity contribution in [3.05, 3.63) is 81.4 Å². The van der Waals surface area contributed by atoms with Crippen molar-refractivity contribution in [2.45, 2.75) is 0 Å². The molecule has 0 N–H and O–H groups in total. The molecule has 0 atom stereocenters. The fourth-order valence-corrected chi connectivity index (χ4v) is 2.62. The number of allylic oxidation sites excluding steroid dienone is 1. The molecule has 0 aliphatic rings. The maximum atomic E-state index is 9.45. The third-order valence-electron chi connectivity index (χ3n) is 3.36. The van der Waals surface area contributed by atoms with Gasteiger partial charge in [-0.25, -0.2) is 0 Å².